The summed E-state index contributed by atoms with van der Waals surface area (Å²) in [6.07, 6.45) is 4.81. The third-order valence-corrected chi connectivity index (χ3v) is 9.23. The van der Waals surface area contributed by atoms with Crippen LogP contribution in [0.25, 0.3) is 0 Å². The van der Waals surface area contributed by atoms with Crippen molar-refractivity contribution >= 4 is 69.1 Å². The first-order chi connectivity index (χ1) is 17.2. The minimum absolute atomic E-state index is 0.00190. The van der Waals surface area contributed by atoms with Gasteiger partial charge in [-0.15, -0.1) is 0 Å². The fourth-order valence-electron chi connectivity index (χ4n) is 5.00. The Kier molecular flexibility index (Phi) is 12.6. The Morgan fingerprint density at radius 3 is 1.32 bits per heavy atom. The molecule has 0 bridgehead atoms. The first-order valence-corrected chi connectivity index (χ1v) is 15.4. The van der Waals surface area contributed by atoms with E-state index in [4.69, 9.17) is 48.9 Å². The molecule has 2 N–H and O–H groups in total. The van der Waals surface area contributed by atoms with Gasteiger partial charge in [0.2, 0.25) is 0 Å². The van der Waals surface area contributed by atoms with Gasteiger partial charge in [0.1, 0.15) is 9.98 Å². The molecule has 212 valence electrons. The number of likely N-dealkylation sites (N-methyl/N-ethyl adjacent to an activating group) is 2. The van der Waals surface area contributed by atoms with Gasteiger partial charge in [-0.25, -0.2) is 0 Å². The molecular weight excluding hydrogens is 541 g/mol. The first kappa shape index (κ1) is 32.7. The van der Waals surface area contributed by atoms with Crippen LogP contribution in [-0.2, 0) is 0 Å². The number of hydrogen-bond acceptors (Lipinski definition) is 6. The standard InChI is InChI=1S/C27H48N4O2S4/c1-7-28-16-22(34)30(24(28)36)18-26(3,4)14-12-20(32)10-9-11-21(33)13-15-27(5,6)19-31-23(35)17-29(8-2)25(31)37/h20-21,32-33H,7-19H2,1-6H3. The molecule has 2 heterocycles. The summed E-state index contributed by atoms with van der Waals surface area (Å²) in [6.45, 7) is 17.8. The topological polar surface area (TPSA) is 53.4 Å². The zero-order valence-corrected chi connectivity index (χ0v) is 26.9. The van der Waals surface area contributed by atoms with Crippen LogP contribution in [0, 0.1) is 10.8 Å². The SMILES string of the molecule is CCN1CC(=S)N(CC(C)(C)CCC(O)CCCC(O)CCC(C)(C)CN2C(=S)CN(CC)C2=S)C1=S. The average molecular weight is 589 g/mol. The van der Waals surface area contributed by atoms with Gasteiger partial charge in [-0.05, 0) is 94.1 Å². The molecule has 2 atom stereocenters. The van der Waals surface area contributed by atoms with Crippen molar-refractivity contribution in [2.75, 3.05) is 39.3 Å². The molecule has 2 aliphatic rings. The zero-order chi connectivity index (χ0) is 28.0. The lowest BCUT2D eigenvalue weighted by atomic mass is 9.84. The van der Waals surface area contributed by atoms with Gasteiger partial charge in [0, 0.05) is 26.2 Å². The molecule has 2 rings (SSSR count). The van der Waals surface area contributed by atoms with Crippen LogP contribution in [0.4, 0.5) is 0 Å². The summed E-state index contributed by atoms with van der Waals surface area (Å²) in [5.74, 6) is 0. The van der Waals surface area contributed by atoms with Gasteiger partial charge in [0.25, 0.3) is 0 Å². The predicted molar refractivity (Wildman–Crippen MR) is 170 cm³/mol. The van der Waals surface area contributed by atoms with E-state index in [1.807, 2.05) is 0 Å². The van der Waals surface area contributed by atoms with Crippen molar-refractivity contribution < 1.29 is 10.2 Å². The fraction of sp³-hybridized carbons (Fsp3) is 0.852. The maximum Gasteiger partial charge on any atom is 0.176 e. The van der Waals surface area contributed by atoms with Crippen LogP contribution in [0.5, 0.6) is 0 Å². The monoisotopic (exact) mass is 588 g/mol. The van der Waals surface area contributed by atoms with Crippen LogP contribution in [-0.4, -0.2) is 101 Å². The van der Waals surface area contributed by atoms with Gasteiger partial charge in [0.05, 0.1) is 25.3 Å². The molecule has 2 fully saturated rings. The van der Waals surface area contributed by atoms with E-state index in [0.29, 0.717) is 12.8 Å². The van der Waals surface area contributed by atoms with E-state index < -0.39 is 0 Å². The summed E-state index contributed by atoms with van der Waals surface area (Å²) >= 11 is 22.3. The van der Waals surface area contributed by atoms with E-state index in [9.17, 15) is 10.2 Å². The van der Waals surface area contributed by atoms with Gasteiger partial charge in [0.15, 0.2) is 10.2 Å². The smallest absolute Gasteiger partial charge is 0.176 e. The molecule has 0 spiro atoms. The summed E-state index contributed by atoms with van der Waals surface area (Å²) in [6, 6.07) is 0. The molecule has 0 aromatic heterocycles. The normalized spacial score (nSPS) is 19.0. The van der Waals surface area contributed by atoms with Crippen molar-refractivity contribution in [1.82, 2.24) is 19.6 Å². The second kappa shape index (κ2) is 14.2. The lowest BCUT2D eigenvalue weighted by Crippen LogP contribution is -2.39. The van der Waals surface area contributed by atoms with Gasteiger partial charge >= 0.3 is 0 Å². The molecular formula is C27H48N4O2S4. The Bertz CT molecular complexity index is 769. The summed E-state index contributed by atoms with van der Waals surface area (Å²) in [7, 11) is 0. The highest BCUT2D eigenvalue weighted by Gasteiger charge is 2.34. The average Bonchev–Trinajstić information content (AvgIpc) is 3.25. The minimum Gasteiger partial charge on any atom is -0.393 e. The summed E-state index contributed by atoms with van der Waals surface area (Å²) in [5.41, 5.74) is -0.00381. The van der Waals surface area contributed by atoms with E-state index in [1.54, 1.807) is 0 Å². The van der Waals surface area contributed by atoms with Crippen LogP contribution in [0.3, 0.4) is 0 Å². The summed E-state index contributed by atoms with van der Waals surface area (Å²) in [5, 5.41) is 22.8. The number of nitrogens with zero attached hydrogens (tertiary/aromatic N) is 4. The molecule has 37 heavy (non-hydrogen) atoms. The lowest BCUT2D eigenvalue weighted by Gasteiger charge is -2.32. The van der Waals surface area contributed by atoms with E-state index in [0.717, 1.165) is 91.6 Å². The molecule has 0 radical (unpaired) electrons. The van der Waals surface area contributed by atoms with Gasteiger partial charge in [-0.1, -0.05) is 52.1 Å². The van der Waals surface area contributed by atoms with E-state index in [1.165, 1.54) is 0 Å². The van der Waals surface area contributed by atoms with Crippen LogP contribution < -0.4 is 0 Å². The number of thiocarbonyl (C=S) groups is 4. The number of rotatable bonds is 16. The second-order valence-corrected chi connectivity index (χ2v) is 13.9. The highest BCUT2D eigenvalue weighted by atomic mass is 32.1. The Balaban J connectivity index is 1.66. The molecule has 0 aromatic carbocycles. The van der Waals surface area contributed by atoms with Crippen LogP contribution in [0.15, 0.2) is 0 Å². The van der Waals surface area contributed by atoms with Crippen molar-refractivity contribution in [1.29, 1.82) is 0 Å². The second-order valence-electron chi connectivity index (χ2n) is 12.2. The molecule has 0 saturated carbocycles. The van der Waals surface area contributed by atoms with Crippen molar-refractivity contribution in [2.24, 2.45) is 10.8 Å². The molecule has 0 amide bonds. The van der Waals surface area contributed by atoms with E-state index >= 15 is 0 Å². The Hall–Kier alpha value is -0.520. The van der Waals surface area contributed by atoms with E-state index in [-0.39, 0.29) is 23.0 Å². The largest absolute Gasteiger partial charge is 0.393 e. The Labute approximate surface area is 246 Å². The molecule has 10 heteroatoms. The zero-order valence-electron chi connectivity index (χ0n) is 23.7. The Morgan fingerprint density at radius 2 is 1.03 bits per heavy atom. The van der Waals surface area contributed by atoms with Crippen LogP contribution in [0.1, 0.15) is 86.5 Å². The van der Waals surface area contributed by atoms with Crippen LogP contribution >= 0.6 is 48.9 Å². The molecule has 2 aliphatic heterocycles. The third kappa shape index (κ3) is 9.87. The van der Waals surface area contributed by atoms with Crippen molar-refractivity contribution in [2.45, 2.75) is 98.7 Å². The van der Waals surface area contributed by atoms with Crippen LogP contribution in [0.2, 0.25) is 0 Å². The highest BCUT2D eigenvalue weighted by molar-refractivity contribution is 7.82. The number of aliphatic hydroxyl groups is 2. The molecule has 2 unspecified atom stereocenters. The third-order valence-electron chi connectivity index (χ3n) is 7.58. The summed E-state index contributed by atoms with van der Waals surface area (Å²) < 4.78 is 0. The van der Waals surface area contributed by atoms with Crippen molar-refractivity contribution in [3.05, 3.63) is 0 Å². The number of aliphatic hydroxyl groups excluding tert-OH is 2. The Morgan fingerprint density at radius 1 is 0.676 bits per heavy atom. The molecule has 2 saturated heterocycles. The summed E-state index contributed by atoms with van der Waals surface area (Å²) in [4.78, 5) is 10.2. The molecule has 6 nitrogen and oxygen atoms in total. The number of hydrogen-bond donors (Lipinski definition) is 2. The van der Waals surface area contributed by atoms with Gasteiger partial charge < -0.3 is 29.8 Å². The maximum atomic E-state index is 10.6. The quantitative estimate of drug-likeness (QED) is 0.241. The van der Waals surface area contributed by atoms with Gasteiger partial charge in [-0.2, -0.15) is 0 Å². The predicted octanol–water partition coefficient (Wildman–Crippen LogP) is 4.99. The lowest BCUT2D eigenvalue weighted by molar-refractivity contribution is 0.104. The maximum absolute atomic E-state index is 10.6. The van der Waals surface area contributed by atoms with Crippen molar-refractivity contribution in [3.63, 3.8) is 0 Å². The van der Waals surface area contributed by atoms with Crippen molar-refractivity contribution in [3.8, 4) is 0 Å². The van der Waals surface area contributed by atoms with Gasteiger partial charge in [-0.3, -0.25) is 0 Å². The fourth-order valence-corrected chi connectivity index (χ4v) is 6.47. The van der Waals surface area contributed by atoms with E-state index in [2.05, 4.69) is 61.1 Å². The molecule has 0 aliphatic carbocycles. The minimum atomic E-state index is -0.355. The highest BCUT2D eigenvalue weighted by Crippen LogP contribution is 2.30. The molecule has 0 aromatic rings. The first-order valence-electron chi connectivity index (χ1n) is 13.7.